The fourth-order valence-corrected chi connectivity index (χ4v) is 2.39. The fourth-order valence-electron chi connectivity index (χ4n) is 1.67. The van der Waals surface area contributed by atoms with E-state index in [9.17, 15) is 9.18 Å². The van der Waals surface area contributed by atoms with Crippen LogP contribution in [0.2, 0.25) is 5.02 Å². The second-order valence-electron chi connectivity index (χ2n) is 4.18. The van der Waals surface area contributed by atoms with Crippen LogP contribution in [0.5, 0.6) is 11.5 Å². The molecule has 0 fully saturated rings. The third kappa shape index (κ3) is 3.41. The lowest BCUT2D eigenvalue weighted by molar-refractivity contribution is 0.101. The van der Waals surface area contributed by atoms with Crippen molar-refractivity contribution in [2.45, 2.75) is 6.92 Å². The molecule has 3 nitrogen and oxygen atoms in total. The lowest BCUT2D eigenvalue weighted by Crippen LogP contribution is -1.98. The molecule has 0 amide bonds. The number of ether oxygens (including phenoxy) is 1. The van der Waals surface area contributed by atoms with Gasteiger partial charge in [0.2, 0.25) is 0 Å². The highest BCUT2D eigenvalue weighted by Gasteiger charge is 2.14. The van der Waals surface area contributed by atoms with E-state index >= 15 is 0 Å². The van der Waals surface area contributed by atoms with E-state index in [1.807, 2.05) is 6.07 Å². The summed E-state index contributed by atoms with van der Waals surface area (Å²) in [5.74, 6) is -0.519. The first-order valence-electron chi connectivity index (χ1n) is 5.80. The van der Waals surface area contributed by atoms with Crippen LogP contribution in [-0.2, 0) is 0 Å². The van der Waals surface area contributed by atoms with Gasteiger partial charge in [-0.15, -0.1) is 0 Å². The Balaban J connectivity index is 2.50. The summed E-state index contributed by atoms with van der Waals surface area (Å²) in [6.07, 6.45) is 0. The third-order valence-corrected chi connectivity index (χ3v) is 3.59. The van der Waals surface area contributed by atoms with Gasteiger partial charge in [0, 0.05) is 6.07 Å². The molecule has 0 spiro atoms. The molecule has 0 atom stereocenters. The average molecular weight is 369 g/mol. The lowest BCUT2D eigenvalue weighted by Gasteiger charge is -2.12. The van der Waals surface area contributed by atoms with Gasteiger partial charge in [-0.05, 0) is 47.1 Å². The van der Waals surface area contributed by atoms with E-state index in [1.165, 1.54) is 31.2 Å². The number of ketones is 1. The summed E-state index contributed by atoms with van der Waals surface area (Å²) >= 11 is 8.87. The molecule has 2 rings (SSSR count). The predicted molar refractivity (Wildman–Crippen MR) is 80.3 cm³/mol. The Hall–Kier alpha value is -1.90. The molecule has 0 saturated carbocycles. The van der Waals surface area contributed by atoms with Crippen LogP contribution in [0, 0.1) is 17.1 Å². The topological polar surface area (TPSA) is 50.1 Å². The van der Waals surface area contributed by atoms with E-state index in [-0.39, 0.29) is 22.3 Å². The van der Waals surface area contributed by atoms with Crippen LogP contribution >= 0.6 is 27.5 Å². The van der Waals surface area contributed by atoms with Crippen LogP contribution in [0.25, 0.3) is 0 Å². The zero-order chi connectivity index (χ0) is 15.6. The van der Waals surface area contributed by atoms with Crippen molar-refractivity contribution in [3.63, 3.8) is 0 Å². The van der Waals surface area contributed by atoms with Crippen molar-refractivity contribution in [3.05, 3.63) is 56.8 Å². The Morgan fingerprint density at radius 2 is 2.05 bits per heavy atom. The molecule has 106 valence electrons. The molecule has 21 heavy (non-hydrogen) atoms. The highest BCUT2D eigenvalue weighted by molar-refractivity contribution is 9.10. The minimum Gasteiger partial charge on any atom is -0.455 e. The zero-order valence-corrected chi connectivity index (χ0v) is 13.1. The third-order valence-electron chi connectivity index (χ3n) is 2.68. The largest absolute Gasteiger partial charge is 0.455 e. The summed E-state index contributed by atoms with van der Waals surface area (Å²) in [4.78, 5) is 11.6. The number of Topliss-reactive ketones (excluding diaryl/α,β-unsaturated/α-hetero) is 1. The SMILES string of the molecule is CC(=O)c1ccc(C#N)cc1Oc1cc(F)c(Cl)cc1Br. The van der Waals surface area contributed by atoms with Gasteiger partial charge in [-0.1, -0.05) is 11.6 Å². The predicted octanol–water partition coefficient (Wildman–Crippen LogP) is 5.11. The molecule has 0 aliphatic heterocycles. The Labute approximate surface area is 134 Å². The van der Waals surface area contributed by atoms with Crippen molar-refractivity contribution in [2.75, 3.05) is 0 Å². The molecule has 0 aliphatic carbocycles. The first-order chi connectivity index (χ1) is 9.92. The smallest absolute Gasteiger partial charge is 0.163 e. The van der Waals surface area contributed by atoms with Gasteiger partial charge < -0.3 is 4.74 Å². The molecular formula is C15H8BrClFNO2. The number of hydrogen-bond acceptors (Lipinski definition) is 3. The molecule has 0 heterocycles. The van der Waals surface area contributed by atoms with Gasteiger partial charge in [0.1, 0.15) is 17.3 Å². The minimum atomic E-state index is -0.643. The zero-order valence-electron chi connectivity index (χ0n) is 10.8. The van der Waals surface area contributed by atoms with E-state index in [0.717, 1.165) is 6.07 Å². The quantitative estimate of drug-likeness (QED) is 0.559. The van der Waals surface area contributed by atoms with Crippen molar-refractivity contribution in [3.8, 4) is 17.6 Å². The lowest BCUT2D eigenvalue weighted by atomic mass is 10.1. The van der Waals surface area contributed by atoms with Gasteiger partial charge in [-0.2, -0.15) is 5.26 Å². The summed E-state index contributed by atoms with van der Waals surface area (Å²) in [6, 6.07) is 8.86. The molecule has 0 aliphatic rings. The van der Waals surface area contributed by atoms with Crippen molar-refractivity contribution >= 4 is 33.3 Å². The Morgan fingerprint density at radius 3 is 2.67 bits per heavy atom. The Morgan fingerprint density at radius 1 is 1.33 bits per heavy atom. The summed E-state index contributed by atoms with van der Waals surface area (Å²) in [5.41, 5.74) is 0.636. The normalized spacial score (nSPS) is 10.0. The number of nitriles is 1. The van der Waals surface area contributed by atoms with Crippen LogP contribution in [0.15, 0.2) is 34.8 Å². The summed E-state index contributed by atoms with van der Waals surface area (Å²) in [6.45, 7) is 1.38. The van der Waals surface area contributed by atoms with Crippen molar-refractivity contribution in [2.24, 2.45) is 0 Å². The van der Waals surface area contributed by atoms with Crippen molar-refractivity contribution < 1.29 is 13.9 Å². The van der Waals surface area contributed by atoms with Crippen LogP contribution in [-0.4, -0.2) is 5.78 Å². The van der Waals surface area contributed by atoms with Gasteiger partial charge in [-0.3, -0.25) is 4.79 Å². The number of rotatable bonds is 3. The first-order valence-corrected chi connectivity index (χ1v) is 6.97. The highest BCUT2D eigenvalue weighted by atomic mass is 79.9. The summed E-state index contributed by atoms with van der Waals surface area (Å²) < 4.78 is 19.5. The molecule has 0 N–H and O–H groups in total. The highest BCUT2D eigenvalue weighted by Crippen LogP contribution is 2.35. The van der Waals surface area contributed by atoms with Crippen LogP contribution in [0.3, 0.4) is 0 Å². The maximum atomic E-state index is 13.5. The number of benzene rings is 2. The van der Waals surface area contributed by atoms with E-state index in [1.54, 1.807) is 0 Å². The van der Waals surface area contributed by atoms with E-state index < -0.39 is 5.82 Å². The Kier molecular flexibility index (Phi) is 4.61. The molecule has 0 aromatic heterocycles. The van der Waals surface area contributed by atoms with Crippen LogP contribution in [0.1, 0.15) is 22.8 Å². The Bertz CT molecular complexity index is 771. The van der Waals surface area contributed by atoms with Crippen molar-refractivity contribution in [1.82, 2.24) is 0 Å². The number of hydrogen-bond donors (Lipinski definition) is 0. The monoisotopic (exact) mass is 367 g/mol. The van der Waals surface area contributed by atoms with Crippen LogP contribution < -0.4 is 4.74 Å². The maximum Gasteiger partial charge on any atom is 0.163 e. The average Bonchev–Trinajstić information content (AvgIpc) is 2.44. The van der Waals surface area contributed by atoms with Gasteiger partial charge >= 0.3 is 0 Å². The number of carbonyl (C=O) groups excluding carboxylic acids is 1. The van der Waals surface area contributed by atoms with E-state index in [0.29, 0.717) is 15.6 Å². The van der Waals surface area contributed by atoms with Gasteiger partial charge in [-0.25, -0.2) is 4.39 Å². The second kappa shape index (κ2) is 6.25. The van der Waals surface area contributed by atoms with Crippen molar-refractivity contribution in [1.29, 1.82) is 5.26 Å². The minimum absolute atomic E-state index is 0.0493. The maximum absolute atomic E-state index is 13.5. The molecule has 0 radical (unpaired) electrons. The number of halogens is 3. The van der Waals surface area contributed by atoms with E-state index in [2.05, 4.69) is 15.9 Å². The molecule has 0 saturated heterocycles. The summed E-state index contributed by atoms with van der Waals surface area (Å²) in [7, 11) is 0. The second-order valence-corrected chi connectivity index (χ2v) is 5.44. The molecule has 0 unspecified atom stereocenters. The fraction of sp³-hybridized carbons (Fsp3) is 0.0667. The summed E-state index contributed by atoms with van der Waals surface area (Å²) in [5, 5.41) is 8.87. The molecule has 2 aromatic carbocycles. The molecular weight excluding hydrogens is 361 g/mol. The van der Waals surface area contributed by atoms with Crippen LogP contribution in [0.4, 0.5) is 4.39 Å². The first kappa shape index (κ1) is 15.5. The van der Waals surface area contributed by atoms with Gasteiger partial charge in [0.05, 0.1) is 26.7 Å². The number of carbonyl (C=O) groups is 1. The van der Waals surface area contributed by atoms with Gasteiger partial charge in [0.25, 0.3) is 0 Å². The molecule has 0 bridgehead atoms. The van der Waals surface area contributed by atoms with E-state index in [4.69, 9.17) is 21.6 Å². The number of nitrogens with zero attached hydrogens (tertiary/aromatic N) is 1. The molecule has 6 heteroatoms. The molecule has 2 aromatic rings. The standard InChI is InChI=1S/C15H8BrClFNO2/c1-8(20)10-3-2-9(7-19)4-14(10)21-15-6-13(18)12(17)5-11(15)16/h2-6H,1H3. The van der Waals surface area contributed by atoms with Gasteiger partial charge in [0.15, 0.2) is 5.78 Å².